The van der Waals surface area contributed by atoms with Crippen molar-refractivity contribution < 1.29 is 4.79 Å². The van der Waals surface area contributed by atoms with Crippen LogP contribution in [0.1, 0.15) is 73.1 Å². The van der Waals surface area contributed by atoms with Gasteiger partial charge in [-0.15, -0.1) is 0 Å². The number of carbonyl (C=O) groups is 1. The van der Waals surface area contributed by atoms with Crippen LogP contribution in [-0.4, -0.2) is 23.0 Å². The van der Waals surface area contributed by atoms with Crippen LogP contribution in [-0.2, 0) is 4.79 Å². The highest BCUT2D eigenvalue weighted by Gasteiger charge is 2.47. The van der Waals surface area contributed by atoms with Crippen LogP contribution in [0, 0.1) is 22.7 Å². The fourth-order valence-corrected chi connectivity index (χ4v) is 7.26. The molecule has 4 unspecified atom stereocenters. The second-order valence-electron chi connectivity index (χ2n) is 9.59. The number of nitrogens with one attached hydrogen (secondary N) is 1. The van der Waals surface area contributed by atoms with Crippen molar-refractivity contribution in [3.8, 4) is 0 Å². The number of carbonyl (C=O) groups excluding carboxylic acids is 1. The molecule has 1 amide bonds. The monoisotopic (exact) mass is 349 g/mol. The van der Waals surface area contributed by atoms with Gasteiger partial charge in [-0.3, -0.25) is 4.79 Å². The maximum atomic E-state index is 11.2. The number of amides is 1. The zero-order valence-corrected chi connectivity index (χ0v) is 17.0. The summed E-state index contributed by atoms with van der Waals surface area (Å²) in [6.07, 6.45) is 10.4. The van der Waals surface area contributed by atoms with Crippen molar-refractivity contribution in [3.63, 3.8) is 0 Å². The zero-order chi connectivity index (χ0) is 17.5. The average molecular weight is 350 g/mol. The summed E-state index contributed by atoms with van der Waals surface area (Å²) in [4.78, 5) is 11.2. The van der Waals surface area contributed by atoms with Gasteiger partial charge in [-0.25, -0.2) is 0 Å². The van der Waals surface area contributed by atoms with Crippen molar-refractivity contribution in [2.75, 3.05) is 5.75 Å². The molecule has 136 valence electrons. The lowest BCUT2D eigenvalue weighted by Crippen LogP contribution is -2.32. The van der Waals surface area contributed by atoms with Gasteiger partial charge in [-0.2, -0.15) is 11.8 Å². The Bertz CT molecular complexity index is 518. The van der Waals surface area contributed by atoms with E-state index in [9.17, 15) is 4.79 Å². The van der Waals surface area contributed by atoms with E-state index >= 15 is 0 Å². The standard InChI is InChI=1S/C11H18.C10H17NOS/c1-9(2)11-7-3-5-10(11)6-4-8-11;1-10(2,3)9-6-4-8(12)11-7(6)5-13-9/h5,9H,3-4,6-8H2,1-2H3;6-7,9H,4-5H2,1-3H3,(H,11,12). The molecule has 3 heteroatoms. The summed E-state index contributed by atoms with van der Waals surface area (Å²) in [7, 11) is 0. The highest BCUT2D eigenvalue weighted by Crippen LogP contribution is 2.55. The first-order valence-electron chi connectivity index (χ1n) is 9.84. The van der Waals surface area contributed by atoms with E-state index in [0.29, 0.717) is 28.0 Å². The number of hydrogen-bond donors (Lipinski definition) is 1. The van der Waals surface area contributed by atoms with E-state index in [0.717, 1.165) is 18.1 Å². The number of allylic oxidation sites excluding steroid dienone is 2. The number of hydrogen-bond acceptors (Lipinski definition) is 2. The molecule has 0 aromatic rings. The van der Waals surface area contributed by atoms with Crippen LogP contribution in [0.5, 0.6) is 0 Å². The maximum Gasteiger partial charge on any atom is 0.220 e. The van der Waals surface area contributed by atoms with E-state index in [1.807, 2.05) is 11.8 Å². The Morgan fingerprint density at radius 3 is 2.67 bits per heavy atom. The van der Waals surface area contributed by atoms with E-state index in [1.54, 1.807) is 5.57 Å². The molecule has 2 aliphatic heterocycles. The summed E-state index contributed by atoms with van der Waals surface area (Å²) in [5.41, 5.74) is 2.80. The molecule has 2 saturated heterocycles. The molecule has 0 aromatic heterocycles. The lowest BCUT2D eigenvalue weighted by molar-refractivity contribution is -0.119. The zero-order valence-electron chi connectivity index (χ0n) is 16.2. The van der Waals surface area contributed by atoms with E-state index in [1.165, 1.54) is 32.1 Å². The van der Waals surface area contributed by atoms with Crippen molar-refractivity contribution >= 4 is 17.7 Å². The van der Waals surface area contributed by atoms with Gasteiger partial charge in [-0.1, -0.05) is 46.3 Å². The molecule has 4 aliphatic rings. The predicted octanol–water partition coefficient (Wildman–Crippen LogP) is 5.19. The van der Waals surface area contributed by atoms with Crippen LogP contribution >= 0.6 is 11.8 Å². The van der Waals surface area contributed by atoms with Gasteiger partial charge >= 0.3 is 0 Å². The van der Waals surface area contributed by atoms with E-state index in [2.05, 4.69) is 46.0 Å². The van der Waals surface area contributed by atoms with Gasteiger partial charge in [0.1, 0.15) is 0 Å². The fourth-order valence-electron chi connectivity index (χ4n) is 5.48. The fraction of sp³-hybridized carbons (Fsp3) is 0.857. The van der Waals surface area contributed by atoms with Crippen molar-refractivity contribution in [1.29, 1.82) is 0 Å². The first kappa shape index (κ1) is 18.4. The molecular formula is C21H35NOS. The molecular weight excluding hydrogens is 314 g/mol. The van der Waals surface area contributed by atoms with Crippen LogP contribution in [0.4, 0.5) is 0 Å². The molecule has 2 aliphatic carbocycles. The van der Waals surface area contributed by atoms with Crippen molar-refractivity contribution in [2.45, 2.75) is 84.4 Å². The summed E-state index contributed by atoms with van der Waals surface area (Å²) in [6, 6.07) is 0.460. The topological polar surface area (TPSA) is 29.1 Å². The Hall–Kier alpha value is -0.440. The quantitative estimate of drug-likeness (QED) is 0.660. The minimum atomic E-state index is 0.254. The van der Waals surface area contributed by atoms with Gasteiger partial charge in [0.2, 0.25) is 5.91 Å². The Morgan fingerprint density at radius 1 is 1.29 bits per heavy atom. The highest BCUT2D eigenvalue weighted by molar-refractivity contribution is 8.00. The molecule has 1 N–H and O–H groups in total. The number of thioether (sulfide) groups is 1. The summed E-state index contributed by atoms with van der Waals surface area (Å²) in [5.74, 6) is 2.82. The van der Waals surface area contributed by atoms with Gasteiger partial charge in [0.05, 0.1) is 0 Å². The van der Waals surface area contributed by atoms with Crippen LogP contribution in [0.3, 0.4) is 0 Å². The second-order valence-corrected chi connectivity index (χ2v) is 10.8. The lowest BCUT2D eigenvalue weighted by atomic mass is 9.73. The van der Waals surface area contributed by atoms with Gasteiger partial charge in [0, 0.05) is 29.4 Å². The molecule has 1 saturated carbocycles. The Kier molecular flexibility index (Phi) is 5.12. The minimum Gasteiger partial charge on any atom is -0.352 e. The lowest BCUT2D eigenvalue weighted by Gasteiger charge is -2.31. The van der Waals surface area contributed by atoms with Crippen LogP contribution in [0.25, 0.3) is 0 Å². The molecule has 24 heavy (non-hydrogen) atoms. The maximum absolute atomic E-state index is 11.2. The summed E-state index contributed by atoms with van der Waals surface area (Å²) >= 11 is 2.03. The SMILES string of the molecule is CC(C)(C)C1SCC2NC(=O)CC21.CC(C)C12CCC=C1CCC2. The summed E-state index contributed by atoms with van der Waals surface area (Å²) in [6.45, 7) is 11.6. The molecule has 2 nitrogen and oxygen atoms in total. The minimum absolute atomic E-state index is 0.254. The first-order chi connectivity index (χ1) is 11.2. The van der Waals surface area contributed by atoms with Crippen molar-refractivity contribution in [2.24, 2.45) is 22.7 Å². The Labute approximate surface area is 152 Å². The molecule has 0 aromatic carbocycles. The van der Waals surface area contributed by atoms with Gasteiger partial charge in [-0.05, 0) is 48.9 Å². The van der Waals surface area contributed by atoms with Gasteiger partial charge in [0.25, 0.3) is 0 Å². The van der Waals surface area contributed by atoms with E-state index < -0.39 is 0 Å². The summed E-state index contributed by atoms with van der Waals surface area (Å²) in [5, 5.41) is 3.71. The van der Waals surface area contributed by atoms with Crippen LogP contribution in [0.15, 0.2) is 11.6 Å². The number of fused-ring (bicyclic) bond motifs is 2. The third-order valence-corrected chi connectivity index (χ3v) is 8.74. The number of rotatable bonds is 1. The Morgan fingerprint density at radius 2 is 2.04 bits per heavy atom. The van der Waals surface area contributed by atoms with Gasteiger partial charge < -0.3 is 5.32 Å². The molecule has 2 heterocycles. The van der Waals surface area contributed by atoms with Crippen LogP contribution in [0.2, 0.25) is 0 Å². The van der Waals surface area contributed by atoms with E-state index in [4.69, 9.17) is 0 Å². The first-order valence-corrected chi connectivity index (χ1v) is 10.9. The Balaban J connectivity index is 0.000000143. The molecule has 0 spiro atoms. The second kappa shape index (κ2) is 6.70. The van der Waals surface area contributed by atoms with Gasteiger partial charge in [0.15, 0.2) is 0 Å². The van der Waals surface area contributed by atoms with Crippen LogP contribution < -0.4 is 5.32 Å². The largest absolute Gasteiger partial charge is 0.352 e. The third-order valence-electron chi connectivity index (χ3n) is 6.78. The average Bonchev–Trinajstić information content (AvgIpc) is 3.14. The van der Waals surface area contributed by atoms with E-state index in [-0.39, 0.29) is 5.91 Å². The molecule has 4 atom stereocenters. The highest BCUT2D eigenvalue weighted by atomic mass is 32.2. The molecule has 3 fully saturated rings. The summed E-state index contributed by atoms with van der Waals surface area (Å²) < 4.78 is 0. The molecule has 0 radical (unpaired) electrons. The predicted molar refractivity (Wildman–Crippen MR) is 104 cm³/mol. The normalized spacial score (nSPS) is 37.7. The molecule has 0 bridgehead atoms. The van der Waals surface area contributed by atoms with Crippen molar-refractivity contribution in [3.05, 3.63) is 11.6 Å². The third kappa shape index (κ3) is 3.30. The smallest absolute Gasteiger partial charge is 0.220 e. The van der Waals surface area contributed by atoms with Crippen molar-refractivity contribution in [1.82, 2.24) is 5.32 Å². The molecule has 4 rings (SSSR count).